The van der Waals surface area contributed by atoms with Crippen molar-refractivity contribution in [3.8, 4) is 11.5 Å². The zero-order valence-electron chi connectivity index (χ0n) is 16.2. The van der Waals surface area contributed by atoms with Gasteiger partial charge in [-0.2, -0.15) is 8.42 Å². The van der Waals surface area contributed by atoms with Crippen LogP contribution in [0.1, 0.15) is 31.4 Å². The van der Waals surface area contributed by atoms with E-state index in [2.05, 4.69) is 24.1 Å². The lowest BCUT2D eigenvalue weighted by Gasteiger charge is -2.56. The first-order valence-electron chi connectivity index (χ1n) is 9.74. The van der Waals surface area contributed by atoms with E-state index in [1.807, 2.05) is 19.9 Å². The third-order valence-electron chi connectivity index (χ3n) is 6.71. The van der Waals surface area contributed by atoms with Crippen molar-refractivity contribution in [1.29, 1.82) is 0 Å². The first-order valence-corrected chi connectivity index (χ1v) is 11.1. The van der Waals surface area contributed by atoms with E-state index in [0.29, 0.717) is 17.5 Å². The lowest BCUT2D eigenvalue weighted by molar-refractivity contribution is -0.0390. The molecule has 2 aliphatic heterocycles. The van der Waals surface area contributed by atoms with E-state index in [0.717, 1.165) is 24.9 Å². The summed E-state index contributed by atoms with van der Waals surface area (Å²) in [6.45, 7) is 4.82. The number of likely N-dealkylation sites (N-methyl/N-ethyl adjacent to an activating group) is 1. The maximum atomic E-state index is 11.5. The summed E-state index contributed by atoms with van der Waals surface area (Å²) in [7, 11) is -2.46. The molecule has 1 spiro atoms. The molecule has 1 aromatic rings. The van der Waals surface area contributed by atoms with Gasteiger partial charge in [0.05, 0.1) is 6.10 Å². The molecule has 5 atom stereocenters. The van der Waals surface area contributed by atoms with Gasteiger partial charge in [-0.25, -0.2) is 4.18 Å². The molecule has 4 aliphatic rings. The first-order chi connectivity index (χ1) is 13.2. The van der Waals surface area contributed by atoms with Crippen LogP contribution in [-0.2, 0) is 26.4 Å². The Balaban J connectivity index is 1.70. The quantitative estimate of drug-likeness (QED) is 0.604. The zero-order valence-corrected chi connectivity index (χ0v) is 17.0. The topological polar surface area (TPSA) is 85.3 Å². The van der Waals surface area contributed by atoms with E-state index in [1.54, 1.807) is 6.08 Å². The van der Waals surface area contributed by atoms with Gasteiger partial charge >= 0.3 is 10.4 Å². The summed E-state index contributed by atoms with van der Waals surface area (Å²) in [5.74, 6) is 1.58. The Morgan fingerprint density at radius 2 is 2.11 bits per heavy atom. The highest BCUT2D eigenvalue weighted by molar-refractivity contribution is 7.80. The molecule has 1 N–H and O–H groups in total. The lowest BCUT2D eigenvalue weighted by atomic mass is 9.53. The standard InChI is InChI=1S/C20H25NO6S/c1-11(2)25-15-6-4-12-10-14-13-5-7-16(27-28(22,23)24)19-20(13,8-9-21(14)3)17(12)18(15)26-19/h4-7,11,13-14,16,19H,8-10H2,1-3H3,(H,22,23,24)/t13-,14+,16-,19-,20-/m0/s1. The van der Waals surface area contributed by atoms with Crippen molar-refractivity contribution < 1.29 is 26.6 Å². The second-order valence-corrected chi connectivity index (χ2v) is 9.62. The molecule has 152 valence electrons. The highest BCUT2D eigenvalue weighted by Gasteiger charge is 2.65. The monoisotopic (exact) mass is 407 g/mol. The van der Waals surface area contributed by atoms with Gasteiger partial charge in [-0.05, 0) is 51.9 Å². The van der Waals surface area contributed by atoms with E-state index in [-0.39, 0.29) is 17.4 Å². The molecule has 8 heteroatoms. The number of likely N-dealkylation sites (tertiary alicyclic amines) is 1. The van der Waals surface area contributed by atoms with Crippen LogP contribution < -0.4 is 9.47 Å². The molecule has 2 aliphatic carbocycles. The van der Waals surface area contributed by atoms with Gasteiger partial charge in [-0.15, -0.1) is 0 Å². The average molecular weight is 407 g/mol. The van der Waals surface area contributed by atoms with Gasteiger partial charge in [0.15, 0.2) is 11.5 Å². The maximum Gasteiger partial charge on any atom is 0.398 e. The molecule has 0 saturated carbocycles. The minimum absolute atomic E-state index is 0.00866. The normalized spacial score (nSPS) is 35.6. The molecule has 2 heterocycles. The van der Waals surface area contributed by atoms with Crippen molar-refractivity contribution in [1.82, 2.24) is 4.90 Å². The van der Waals surface area contributed by atoms with Crippen molar-refractivity contribution in [3.63, 3.8) is 0 Å². The molecule has 7 nitrogen and oxygen atoms in total. The summed E-state index contributed by atoms with van der Waals surface area (Å²) in [5.41, 5.74) is 1.99. The SMILES string of the molecule is CC(C)Oc1ccc2c3c1O[C@H]1[C@@H](OS(=O)(=O)O)C=C[C@H]4[C@@H](C2)N(C)CC[C@@]341. The molecule has 0 unspecified atom stereocenters. The van der Waals surface area contributed by atoms with Crippen molar-refractivity contribution >= 4 is 10.4 Å². The minimum Gasteiger partial charge on any atom is -0.487 e. The molecule has 2 bridgehead atoms. The number of hydrogen-bond donors (Lipinski definition) is 1. The number of nitrogens with zero attached hydrogens (tertiary/aromatic N) is 1. The van der Waals surface area contributed by atoms with E-state index in [4.69, 9.17) is 13.7 Å². The van der Waals surface area contributed by atoms with Gasteiger partial charge in [0, 0.05) is 22.9 Å². The highest BCUT2D eigenvalue weighted by Crippen LogP contribution is 2.62. The Bertz CT molecular complexity index is 958. The van der Waals surface area contributed by atoms with Gasteiger partial charge in [0.2, 0.25) is 0 Å². The van der Waals surface area contributed by atoms with Crippen LogP contribution in [0.4, 0.5) is 0 Å². The molecular weight excluding hydrogens is 382 g/mol. The Morgan fingerprint density at radius 3 is 2.82 bits per heavy atom. The Labute approximate surface area is 165 Å². The van der Waals surface area contributed by atoms with Crippen LogP contribution in [-0.4, -0.2) is 55.8 Å². The fourth-order valence-electron chi connectivity index (χ4n) is 5.78. The predicted molar refractivity (Wildman–Crippen MR) is 102 cm³/mol. The van der Waals surface area contributed by atoms with Crippen LogP contribution in [0.5, 0.6) is 11.5 Å². The fraction of sp³-hybridized carbons (Fsp3) is 0.600. The van der Waals surface area contributed by atoms with Crippen molar-refractivity contribution in [2.75, 3.05) is 13.6 Å². The van der Waals surface area contributed by atoms with Crippen LogP contribution >= 0.6 is 0 Å². The first kappa shape index (κ1) is 18.4. The number of benzene rings is 1. The van der Waals surface area contributed by atoms with Crippen LogP contribution in [0.15, 0.2) is 24.3 Å². The number of rotatable bonds is 4. The van der Waals surface area contributed by atoms with Crippen LogP contribution in [0.25, 0.3) is 0 Å². The molecule has 0 aromatic heterocycles. The lowest BCUT2D eigenvalue weighted by Crippen LogP contribution is -2.65. The van der Waals surface area contributed by atoms with Gasteiger partial charge in [-0.1, -0.05) is 18.2 Å². The average Bonchev–Trinajstić information content (AvgIpc) is 2.95. The van der Waals surface area contributed by atoms with E-state index < -0.39 is 22.6 Å². The second-order valence-electron chi connectivity index (χ2n) is 8.57. The fourth-order valence-corrected chi connectivity index (χ4v) is 6.23. The summed E-state index contributed by atoms with van der Waals surface area (Å²) < 4.78 is 49.7. The van der Waals surface area contributed by atoms with Crippen molar-refractivity contribution in [2.24, 2.45) is 5.92 Å². The molecule has 1 saturated heterocycles. The van der Waals surface area contributed by atoms with Crippen molar-refractivity contribution in [3.05, 3.63) is 35.4 Å². The molecule has 5 rings (SSSR count). The second kappa shape index (κ2) is 5.95. The van der Waals surface area contributed by atoms with E-state index >= 15 is 0 Å². The molecule has 0 radical (unpaired) electrons. The number of hydrogen-bond acceptors (Lipinski definition) is 6. The maximum absolute atomic E-state index is 11.5. The predicted octanol–water partition coefficient (Wildman–Crippen LogP) is 2.11. The minimum atomic E-state index is -4.60. The van der Waals surface area contributed by atoms with Gasteiger partial charge in [0.25, 0.3) is 0 Å². The Kier molecular flexibility index (Phi) is 3.91. The summed E-state index contributed by atoms with van der Waals surface area (Å²) in [6.07, 6.45) is 4.13. The van der Waals surface area contributed by atoms with Crippen LogP contribution in [0.2, 0.25) is 0 Å². The summed E-state index contributed by atoms with van der Waals surface area (Å²) >= 11 is 0. The number of piperidine rings is 1. The van der Waals surface area contributed by atoms with Gasteiger partial charge in [-0.3, -0.25) is 4.55 Å². The van der Waals surface area contributed by atoms with E-state index in [9.17, 15) is 13.0 Å². The van der Waals surface area contributed by atoms with Gasteiger partial charge in [0.1, 0.15) is 12.2 Å². The third kappa shape index (κ3) is 2.48. The third-order valence-corrected chi connectivity index (χ3v) is 7.18. The van der Waals surface area contributed by atoms with E-state index in [1.165, 1.54) is 5.56 Å². The van der Waals surface area contributed by atoms with Crippen LogP contribution in [0.3, 0.4) is 0 Å². The molecule has 1 fully saturated rings. The summed E-state index contributed by atoms with van der Waals surface area (Å²) in [6, 6.07) is 4.38. The summed E-state index contributed by atoms with van der Waals surface area (Å²) in [5, 5.41) is 0. The highest BCUT2D eigenvalue weighted by atomic mass is 32.3. The molecule has 28 heavy (non-hydrogen) atoms. The smallest absolute Gasteiger partial charge is 0.398 e. The molecule has 0 amide bonds. The largest absolute Gasteiger partial charge is 0.487 e. The number of ether oxygens (including phenoxy) is 2. The van der Waals surface area contributed by atoms with Gasteiger partial charge < -0.3 is 14.4 Å². The summed E-state index contributed by atoms with van der Waals surface area (Å²) in [4.78, 5) is 2.38. The Hall–Kier alpha value is -1.61. The molecular formula is C20H25NO6S. The van der Waals surface area contributed by atoms with Crippen molar-refractivity contribution in [2.45, 2.75) is 56.5 Å². The van der Waals surface area contributed by atoms with Crippen LogP contribution in [0, 0.1) is 5.92 Å². The zero-order chi connectivity index (χ0) is 19.8. The Morgan fingerprint density at radius 1 is 1.32 bits per heavy atom. The molecule has 1 aromatic carbocycles.